The second kappa shape index (κ2) is 10.9. The number of carbonyl (C=O) groups excluding carboxylic acids is 3. The summed E-state index contributed by atoms with van der Waals surface area (Å²) in [6.07, 6.45) is -1.86. The fraction of sp³-hybridized carbons (Fsp3) is 0.423. The molecule has 202 valence electrons. The lowest BCUT2D eigenvalue weighted by molar-refractivity contribution is -0.444. The number of rotatable bonds is 7. The van der Waals surface area contributed by atoms with Crippen molar-refractivity contribution in [3.05, 3.63) is 65.2 Å². The molecule has 38 heavy (non-hydrogen) atoms. The van der Waals surface area contributed by atoms with Crippen molar-refractivity contribution in [2.45, 2.75) is 44.3 Å². The van der Waals surface area contributed by atoms with Crippen molar-refractivity contribution in [2.75, 3.05) is 26.2 Å². The lowest BCUT2D eigenvalue weighted by Gasteiger charge is -2.38. The Morgan fingerprint density at radius 1 is 1.13 bits per heavy atom. The first-order chi connectivity index (χ1) is 17.9. The zero-order valence-electron chi connectivity index (χ0n) is 20.9. The van der Waals surface area contributed by atoms with Crippen LogP contribution in [-0.2, 0) is 9.59 Å². The molecule has 0 saturated carbocycles. The standard InChI is InChI=1S/C26H27F4N5O3/c1-15(2)18-8-9-19(32-23(18)28)22(16-6-4-3-5-7-16)33-24(37)20-10-17(27)12-35(20)21(36)11-31-25(38)34-13-26(29,30)14-34/h3-9,15,17,22H,10-14H2,1-2H3,(H-,31,33,37,38)/p+1/t17-,22+/m1/s1. The third-order valence-corrected chi connectivity index (χ3v) is 6.43. The van der Waals surface area contributed by atoms with E-state index in [4.69, 9.17) is 0 Å². The summed E-state index contributed by atoms with van der Waals surface area (Å²) in [5.41, 5.74) is 1.07. The second-order valence-corrected chi connectivity index (χ2v) is 9.71. The Balaban J connectivity index is 1.53. The summed E-state index contributed by atoms with van der Waals surface area (Å²) in [6.45, 7) is 1.15. The van der Waals surface area contributed by atoms with Gasteiger partial charge in [-0.2, -0.15) is 8.97 Å². The molecule has 12 heteroatoms. The SMILES string of the molecule is CC(C)c1ccc([C@@H](NC(=O)C2=[N+](C(=O)CNC(=O)N3CC(F)(F)C3)C[C@H](F)C2)c2ccccc2)nc1F. The van der Waals surface area contributed by atoms with Crippen LogP contribution in [0.1, 0.15) is 49.0 Å². The minimum atomic E-state index is -2.96. The maximum atomic E-state index is 14.7. The zero-order chi connectivity index (χ0) is 27.6. The monoisotopic (exact) mass is 534 g/mol. The molecule has 0 aliphatic carbocycles. The largest absolute Gasteiger partial charge is 0.406 e. The topological polar surface area (TPSA) is 94.4 Å². The molecule has 2 aliphatic rings. The third-order valence-electron chi connectivity index (χ3n) is 6.43. The number of amides is 4. The van der Waals surface area contributed by atoms with Crippen LogP contribution in [0.25, 0.3) is 0 Å². The quantitative estimate of drug-likeness (QED) is 0.325. The van der Waals surface area contributed by atoms with Gasteiger partial charge in [-0.05, 0) is 17.5 Å². The molecule has 0 unspecified atom stereocenters. The summed E-state index contributed by atoms with van der Waals surface area (Å²) in [5.74, 6) is -5.25. The summed E-state index contributed by atoms with van der Waals surface area (Å²) in [4.78, 5) is 42.9. The van der Waals surface area contributed by atoms with E-state index in [1.807, 2.05) is 13.8 Å². The van der Waals surface area contributed by atoms with Gasteiger partial charge in [0.05, 0.1) is 31.2 Å². The van der Waals surface area contributed by atoms with Gasteiger partial charge in [0.2, 0.25) is 5.95 Å². The Labute approximate surface area is 216 Å². The second-order valence-electron chi connectivity index (χ2n) is 9.71. The lowest BCUT2D eigenvalue weighted by atomic mass is 10.00. The van der Waals surface area contributed by atoms with E-state index in [-0.39, 0.29) is 23.7 Å². The van der Waals surface area contributed by atoms with Gasteiger partial charge >= 0.3 is 17.8 Å². The van der Waals surface area contributed by atoms with Gasteiger partial charge in [0.1, 0.15) is 6.54 Å². The molecule has 8 nitrogen and oxygen atoms in total. The molecule has 2 aliphatic heterocycles. The van der Waals surface area contributed by atoms with E-state index >= 15 is 0 Å². The van der Waals surface area contributed by atoms with E-state index < -0.39 is 68.1 Å². The molecular formula is C26H28F4N5O3+. The van der Waals surface area contributed by atoms with Crippen LogP contribution in [0.3, 0.4) is 0 Å². The zero-order valence-corrected chi connectivity index (χ0v) is 20.9. The number of pyridine rings is 1. The van der Waals surface area contributed by atoms with E-state index in [1.165, 1.54) is 0 Å². The molecule has 4 rings (SSSR count). The first-order valence-electron chi connectivity index (χ1n) is 12.2. The Bertz CT molecular complexity index is 1260. The fourth-order valence-electron chi connectivity index (χ4n) is 4.41. The van der Waals surface area contributed by atoms with Gasteiger partial charge < -0.3 is 15.5 Å². The van der Waals surface area contributed by atoms with Crippen molar-refractivity contribution in [3.8, 4) is 0 Å². The highest BCUT2D eigenvalue weighted by atomic mass is 19.3. The predicted molar refractivity (Wildman–Crippen MR) is 129 cm³/mol. The van der Waals surface area contributed by atoms with Gasteiger partial charge in [0.15, 0.2) is 12.7 Å². The molecule has 1 aromatic heterocycles. The summed E-state index contributed by atoms with van der Waals surface area (Å²) >= 11 is 0. The summed E-state index contributed by atoms with van der Waals surface area (Å²) in [5, 5.41) is 4.97. The molecule has 0 radical (unpaired) electrons. The summed E-state index contributed by atoms with van der Waals surface area (Å²) in [6, 6.07) is 10.1. The van der Waals surface area contributed by atoms with Crippen LogP contribution in [0.4, 0.5) is 22.4 Å². The van der Waals surface area contributed by atoms with Crippen LogP contribution < -0.4 is 10.6 Å². The summed E-state index contributed by atoms with van der Waals surface area (Å²) in [7, 11) is 0. The van der Waals surface area contributed by atoms with Gasteiger partial charge in [0, 0.05) is 5.56 Å². The number of alkyl halides is 3. The Kier molecular flexibility index (Phi) is 7.79. The molecule has 0 bridgehead atoms. The van der Waals surface area contributed by atoms with Gasteiger partial charge in [-0.3, -0.25) is 4.79 Å². The number of urea groups is 1. The van der Waals surface area contributed by atoms with Gasteiger partial charge in [0.25, 0.3) is 11.6 Å². The molecule has 1 aromatic carbocycles. The average Bonchev–Trinajstić information content (AvgIpc) is 3.26. The average molecular weight is 535 g/mol. The fourth-order valence-corrected chi connectivity index (χ4v) is 4.41. The van der Waals surface area contributed by atoms with E-state index in [1.54, 1.807) is 42.5 Å². The van der Waals surface area contributed by atoms with Crippen LogP contribution in [-0.4, -0.2) is 76.3 Å². The molecule has 0 spiro atoms. The third kappa shape index (κ3) is 6.00. The number of benzene rings is 1. The first kappa shape index (κ1) is 27.2. The van der Waals surface area contributed by atoms with Crippen LogP contribution >= 0.6 is 0 Å². The predicted octanol–water partition coefficient (Wildman–Crippen LogP) is 2.93. The maximum Gasteiger partial charge on any atom is 0.406 e. The highest BCUT2D eigenvalue weighted by Gasteiger charge is 2.47. The number of carbonyl (C=O) groups is 3. The molecular weight excluding hydrogens is 506 g/mol. The number of aromatic nitrogens is 1. The van der Waals surface area contributed by atoms with Crippen LogP contribution in [0, 0.1) is 5.95 Å². The van der Waals surface area contributed by atoms with Crippen molar-refractivity contribution in [1.82, 2.24) is 20.5 Å². The number of nitrogens with one attached hydrogen (secondary N) is 2. The van der Waals surface area contributed by atoms with Crippen LogP contribution in [0.2, 0.25) is 0 Å². The molecule has 2 N–H and O–H groups in total. The molecule has 1 saturated heterocycles. The normalized spacial score (nSPS) is 19.2. The summed E-state index contributed by atoms with van der Waals surface area (Å²) < 4.78 is 56.0. The first-order valence-corrected chi connectivity index (χ1v) is 12.2. The number of halogens is 4. The van der Waals surface area contributed by atoms with Crippen LogP contribution in [0.15, 0.2) is 42.5 Å². The lowest BCUT2D eigenvalue weighted by Crippen LogP contribution is -2.61. The molecule has 3 heterocycles. The van der Waals surface area contributed by atoms with Crippen molar-refractivity contribution in [1.29, 1.82) is 0 Å². The van der Waals surface area contributed by atoms with Gasteiger partial charge in [-0.1, -0.05) is 50.2 Å². The highest BCUT2D eigenvalue weighted by molar-refractivity contribution is 6.38. The maximum absolute atomic E-state index is 14.7. The molecule has 1 fully saturated rings. The Hall–Kier alpha value is -3.83. The minimum absolute atomic E-state index is 0.102. The van der Waals surface area contributed by atoms with Crippen LogP contribution in [0.5, 0.6) is 0 Å². The number of likely N-dealkylation sites (tertiary alicyclic amines) is 1. The van der Waals surface area contributed by atoms with E-state index in [0.717, 1.165) is 9.48 Å². The molecule has 4 amide bonds. The minimum Gasteiger partial charge on any atom is -0.335 e. The van der Waals surface area contributed by atoms with E-state index in [9.17, 15) is 31.9 Å². The number of hydrogen-bond acceptors (Lipinski definition) is 4. The highest BCUT2D eigenvalue weighted by Crippen LogP contribution is 2.27. The van der Waals surface area contributed by atoms with Gasteiger partial charge in [-0.25, -0.2) is 27.7 Å². The van der Waals surface area contributed by atoms with E-state index in [2.05, 4.69) is 15.6 Å². The van der Waals surface area contributed by atoms with Crippen molar-refractivity contribution in [2.24, 2.45) is 0 Å². The molecule has 2 aromatic rings. The van der Waals surface area contributed by atoms with Crippen molar-refractivity contribution < 1.29 is 36.5 Å². The Morgan fingerprint density at radius 2 is 1.82 bits per heavy atom. The van der Waals surface area contributed by atoms with Crippen molar-refractivity contribution in [3.63, 3.8) is 0 Å². The van der Waals surface area contributed by atoms with Crippen molar-refractivity contribution >= 4 is 23.6 Å². The Morgan fingerprint density at radius 3 is 2.42 bits per heavy atom. The van der Waals surface area contributed by atoms with E-state index in [0.29, 0.717) is 11.1 Å². The number of nitrogens with zero attached hydrogens (tertiary/aromatic N) is 3. The number of hydrogen-bond donors (Lipinski definition) is 2. The molecule has 2 atom stereocenters. The van der Waals surface area contributed by atoms with Gasteiger partial charge in [-0.15, -0.1) is 0 Å². The smallest absolute Gasteiger partial charge is 0.335 e.